The number of nitro benzene ring substituents is 1. The third-order valence-electron chi connectivity index (χ3n) is 4.84. The Kier molecular flexibility index (Phi) is 7.26. The van der Waals surface area contributed by atoms with Crippen LogP contribution in [-0.4, -0.2) is 46.9 Å². The van der Waals surface area contributed by atoms with Crippen molar-refractivity contribution in [3.63, 3.8) is 0 Å². The maximum absolute atomic E-state index is 13.0. The van der Waals surface area contributed by atoms with Crippen molar-refractivity contribution >= 4 is 44.4 Å². The second-order valence-corrected chi connectivity index (χ2v) is 7.67. The molecular formula is C22H24N4O3S. The minimum absolute atomic E-state index is 0.0220. The van der Waals surface area contributed by atoms with E-state index in [1.54, 1.807) is 23.1 Å². The quantitative estimate of drug-likeness (QED) is 0.285. The minimum atomic E-state index is -0.444. The lowest BCUT2D eigenvalue weighted by Crippen LogP contribution is -2.38. The summed E-state index contributed by atoms with van der Waals surface area (Å²) in [4.78, 5) is 32.0. The number of para-hydroxylation sites is 1. The van der Waals surface area contributed by atoms with Crippen LogP contribution < -0.4 is 4.90 Å². The lowest BCUT2D eigenvalue weighted by molar-refractivity contribution is -0.384. The van der Waals surface area contributed by atoms with Gasteiger partial charge in [-0.25, -0.2) is 4.98 Å². The van der Waals surface area contributed by atoms with Crippen LogP contribution in [0.5, 0.6) is 0 Å². The molecule has 0 radical (unpaired) electrons. The average molecular weight is 425 g/mol. The molecule has 0 atom stereocenters. The highest BCUT2D eigenvalue weighted by molar-refractivity contribution is 7.22. The van der Waals surface area contributed by atoms with Crippen LogP contribution in [0.4, 0.5) is 10.8 Å². The summed E-state index contributed by atoms with van der Waals surface area (Å²) >= 11 is 1.49. The van der Waals surface area contributed by atoms with Crippen LogP contribution in [0, 0.1) is 10.1 Å². The van der Waals surface area contributed by atoms with Crippen molar-refractivity contribution in [3.05, 3.63) is 70.3 Å². The molecule has 1 amide bonds. The van der Waals surface area contributed by atoms with Crippen molar-refractivity contribution in [1.29, 1.82) is 0 Å². The number of amides is 1. The van der Waals surface area contributed by atoms with Crippen LogP contribution in [0.15, 0.2) is 54.6 Å². The van der Waals surface area contributed by atoms with Crippen LogP contribution in [-0.2, 0) is 4.79 Å². The van der Waals surface area contributed by atoms with E-state index in [-0.39, 0.29) is 11.6 Å². The first-order chi connectivity index (χ1) is 14.5. The fourth-order valence-corrected chi connectivity index (χ4v) is 4.02. The van der Waals surface area contributed by atoms with E-state index in [1.807, 2.05) is 24.3 Å². The van der Waals surface area contributed by atoms with Gasteiger partial charge in [0.05, 0.1) is 15.1 Å². The monoisotopic (exact) mass is 424 g/mol. The van der Waals surface area contributed by atoms with Crippen molar-refractivity contribution in [2.45, 2.75) is 13.8 Å². The summed E-state index contributed by atoms with van der Waals surface area (Å²) in [5.74, 6) is -0.167. The second kappa shape index (κ2) is 10.1. The van der Waals surface area contributed by atoms with Gasteiger partial charge in [-0.1, -0.05) is 37.3 Å². The number of carbonyl (C=O) groups excluding carboxylic acids is 1. The number of rotatable bonds is 9. The smallest absolute Gasteiger partial charge is 0.269 e. The van der Waals surface area contributed by atoms with E-state index < -0.39 is 4.92 Å². The van der Waals surface area contributed by atoms with E-state index in [9.17, 15) is 14.9 Å². The number of hydrogen-bond acceptors (Lipinski definition) is 6. The lowest BCUT2D eigenvalue weighted by Gasteiger charge is -2.23. The highest BCUT2D eigenvalue weighted by atomic mass is 32.1. The Morgan fingerprint density at radius 1 is 1.10 bits per heavy atom. The maximum atomic E-state index is 13.0. The van der Waals surface area contributed by atoms with Crippen molar-refractivity contribution in [2.75, 3.05) is 31.1 Å². The van der Waals surface area contributed by atoms with Gasteiger partial charge >= 0.3 is 0 Å². The summed E-state index contributed by atoms with van der Waals surface area (Å²) in [6.07, 6.45) is 3.17. The van der Waals surface area contributed by atoms with Gasteiger partial charge in [-0.2, -0.15) is 0 Å². The number of hydrogen-bond donors (Lipinski definition) is 0. The van der Waals surface area contributed by atoms with Gasteiger partial charge in [0.2, 0.25) is 0 Å². The van der Waals surface area contributed by atoms with Crippen molar-refractivity contribution in [1.82, 2.24) is 9.88 Å². The first-order valence-electron chi connectivity index (χ1n) is 9.83. The first-order valence-corrected chi connectivity index (χ1v) is 10.7. The summed E-state index contributed by atoms with van der Waals surface area (Å²) < 4.78 is 1.03. The van der Waals surface area contributed by atoms with E-state index in [0.717, 1.165) is 35.4 Å². The van der Waals surface area contributed by atoms with Gasteiger partial charge < -0.3 is 4.90 Å². The molecule has 0 bridgehead atoms. The Hall–Kier alpha value is -3.10. The van der Waals surface area contributed by atoms with E-state index >= 15 is 0 Å². The molecule has 30 heavy (non-hydrogen) atoms. The topological polar surface area (TPSA) is 79.6 Å². The molecule has 0 unspecified atom stereocenters. The number of nitrogens with zero attached hydrogens (tertiary/aromatic N) is 4. The standard InChI is InChI=1S/C22H24N4O3S/c1-3-24(4-2)15-16-25(22-23-19-7-5-6-8-20(19)30-22)21(27)14-11-17-9-12-18(13-10-17)26(28)29/h5-14H,3-4,15-16H2,1-2H3. The molecule has 3 aromatic rings. The third kappa shape index (κ3) is 5.28. The number of non-ortho nitro benzene ring substituents is 1. The molecule has 3 rings (SSSR count). The molecule has 0 N–H and O–H groups in total. The van der Waals surface area contributed by atoms with Crippen LogP contribution >= 0.6 is 11.3 Å². The number of aromatic nitrogens is 1. The molecule has 0 aliphatic heterocycles. The molecule has 2 aromatic carbocycles. The van der Waals surface area contributed by atoms with Crippen LogP contribution in [0.3, 0.4) is 0 Å². The minimum Gasteiger partial charge on any atom is -0.302 e. The number of anilines is 1. The molecule has 0 saturated carbocycles. The van der Waals surface area contributed by atoms with Crippen molar-refractivity contribution in [3.8, 4) is 0 Å². The van der Waals surface area contributed by atoms with E-state index in [2.05, 4.69) is 23.7 Å². The third-order valence-corrected chi connectivity index (χ3v) is 5.90. The summed E-state index contributed by atoms with van der Waals surface area (Å²) in [6.45, 7) is 7.31. The fraction of sp³-hybridized carbons (Fsp3) is 0.273. The number of thiazole rings is 1. The molecule has 0 aliphatic carbocycles. The van der Waals surface area contributed by atoms with Gasteiger partial charge in [-0.3, -0.25) is 19.8 Å². The Bertz CT molecular complexity index is 1010. The summed E-state index contributed by atoms with van der Waals surface area (Å²) in [5.41, 5.74) is 1.62. The molecule has 0 spiro atoms. The van der Waals surface area contributed by atoms with Crippen LogP contribution in [0.1, 0.15) is 19.4 Å². The molecule has 1 heterocycles. The summed E-state index contributed by atoms with van der Waals surface area (Å²) in [6, 6.07) is 13.9. The van der Waals surface area contributed by atoms with Gasteiger partial charge in [-0.15, -0.1) is 0 Å². The zero-order chi connectivity index (χ0) is 21.5. The Labute approximate surface area is 179 Å². The number of fused-ring (bicyclic) bond motifs is 1. The molecule has 0 saturated heterocycles. The first kappa shape index (κ1) is 21.6. The molecular weight excluding hydrogens is 400 g/mol. The predicted octanol–water partition coefficient (Wildman–Crippen LogP) is 4.59. The molecule has 0 fully saturated rings. The van der Waals surface area contributed by atoms with Gasteiger partial charge in [0.15, 0.2) is 5.13 Å². The average Bonchev–Trinajstić information content (AvgIpc) is 3.19. The van der Waals surface area contributed by atoms with Gasteiger partial charge in [0, 0.05) is 31.3 Å². The summed E-state index contributed by atoms with van der Waals surface area (Å²) in [5, 5.41) is 11.5. The fourth-order valence-electron chi connectivity index (χ4n) is 3.02. The number of benzene rings is 2. The van der Waals surface area contributed by atoms with Crippen LogP contribution in [0.2, 0.25) is 0 Å². The van der Waals surface area contributed by atoms with E-state index in [4.69, 9.17) is 0 Å². The zero-order valence-corrected chi connectivity index (χ0v) is 17.8. The largest absolute Gasteiger partial charge is 0.302 e. The second-order valence-electron chi connectivity index (χ2n) is 6.66. The molecule has 156 valence electrons. The van der Waals surface area contributed by atoms with Crippen molar-refractivity contribution in [2.24, 2.45) is 0 Å². The highest BCUT2D eigenvalue weighted by Gasteiger charge is 2.18. The normalized spacial score (nSPS) is 11.4. The Morgan fingerprint density at radius 2 is 1.80 bits per heavy atom. The summed E-state index contributed by atoms with van der Waals surface area (Å²) in [7, 11) is 0. The van der Waals surface area contributed by atoms with Gasteiger partial charge in [-0.05, 0) is 49.0 Å². The SMILES string of the molecule is CCN(CC)CCN(C(=O)C=Cc1ccc([N+](=O)[O-])cc1)c1nc2ccccc2s1. The molecule has 1 aromatic heterocycles. The van der Waals surface area contributed by atoms with Gasteiger partial charge in [0.25, 0.3) is 11.6 Å². The number of nitro groups is 1. The van der Waals surface area contributed by atoms with Gasteiger partial charge in [0.1, 0.15) is 0 Å². The predicted molar refractivity (Wildman–Crippen MR) is 122 cm³/mol. The number of likely N-dealkylation sites (N-methyl/N-ethyl adjacent to an activating group) is 1. The molecule has 0 aliphatic rings. The Balaban J connectivity index is 1.82. The molecule has 8 heteroatoms. The van der Waals surface area contributed by atoms with E-state index in [0.29, 0.717) is 11.7 Å². The number of carbonyl (C=O) groups is 1. The van der Waals surface area contributed by atoms with Crippen molar-refractivity contribution < 1.29 is 9.72 Å². The lowest BCUT2D eigenvalue weighted by atomic mass is 10.2. The molecule has 7 nitrogen and oxygen atoms in total. The van der Waals surface area contributed by atoms with E-state index in [1.165, 1.54) is 29.5 Å². The zero-order valence-electron chi connectivity index (χ0n) is 17.0. The van der Waals surface area contributed by atoms with Crippen LogP contribution in [0.25, 0.3) is 16.3 Å². The maximum Gasteiger partial charge on any atom is 0.269 e. The Morgan fingerprint density at radius 3 is 2.43 bits per heavy atom. The highest BCUT2D eigenvalue weighted by Crippen LogP contribution is 2.29.